The first-order valence-electron chi connectivity index (χ1n) is 15.0. The zero-order valence-electron chi connectivity index (χ0n) is 32.0. The summed E-state index contributed by atoms with van der Waals surface area (Å²) < 4.78 is 0. The van der Waals surface area contributed by atoms with Gasteiger partial charge in [0.05, 0.1) is 6.54 Å². The number of hydrogen-bond acceptors (Lipinski definition) is 7. The Hall–Kier alpha value is -0.527. The van der Waals surface area contributed by atoms with E-state index < -0.39 is 0 Å². The summed E-state index contributed by atoms with van der Waals surface area (Å²) in [6.45, 7) is 14.7. The molecule has 0 aromatic heterocycles. The van der Waals surface area contributed by atoms with Gasteiger partial charge in [-0.2, -0.15) is 0 Å². The van der Waals surface area contributed by atoms with Crippen LogP contribution in [0.3, 0.4) is 0 Å². The maximum Gasteiger partial charge on any atom is 1.00 e. The van der Waals surface area contributed by atoms with Crippen LogP contribution in [0.25, 0.3) is 0 Å². The number of rotatable bonds is 4. The summed E-state index contributed by atoms with van der Waals surface area (Å²) in [6.07, 6.45) is 0. The molecule has 0 saturated heterocycles. The van der Waals surface area contributed by atoms with Crippen LogP contribution in [0.1, 0.15) is 69.9 Å². The van der Waals surface area contributed by atoms with Crippen molar-refractivity contribution >= 4 is 80.8 Å². The molecule has 0 saturated carbocycles. The predicted molar refractivity (Wildman–Crippen MR) is 206 cm³/mol. The molecule has 2 heterocycles. The fourth-order valence-electron chi connectivity index (χ4n) is 3.93. The molecular weight excluding hydrogens is 861 g/mol. The Balaban J connectivity index is -0.000000304. The Morgan fingerprint density at radius 3 is 1.34 bits per heavy atom. The van der Waals surface area contributed by atoms with Crippen molar-refractivity contribution in [3.05, 3.63) is 125 Å². The van der Waals surface area contributed by atoms with Gasteiger partial charge in [-0.25, -0.2) is 0 Å². The molecule has 0 spiro atoms. The first-order chi connectivity index (χ1) is 23.4. The Labute approximate surface area is 423 Å². The van der Waals surface area contributed by atoms with Crippen molar-refractivity contribution in [2.75, 3.05) is 0 Å². The van der Waals surface area contributed by atoms with Gasteiger partial charge in [0.15, 0.2) is 0 Å². The second-order valence-electron chi connectivity index (χ2n) is 11.2. The van der Waals surface area contributed by atoms with E-state index in [1.807, 2.05) is 64.1 Å². The Bertz CT molecular complexity index is 1780. The molecule has 278 valence electrons. The molecule has 0 radical (unpaired) electrons. The number of alkyl halides is 1. The van der Waals surface area contributed by atoms with Crippen molar-refractivity contribution in [3.63, 3.8) is 0 Å². The van der Waals surface area contributed by atoms with Crippen molar-refractivity contribution in [2.24, 2.45) is 0 Å². The number of carbonyl (C=O) groups is 5. The van der Waals surface area contributed by atoms with Crippen molar-refractivity contribution in [2.45, 2.75) is 74.7 Å². The molecular formula is C38H44BrCl3K2N2O7. The molecule has 0 aliphatic carbocycles. The molecule has 4 amide bonds. The molecule has 0 bridgehead atoms. The molecule has 3 aromatic rings. The molecule has 0 atom stereocenters. The minimum absolute atomic E-state index is 0. The summed E-state index contributed by atoms with van der Waals surface area (Å²) in [6, 6.07) is 17.7. The molecule has 0 fully saturated rings. The van der Waals surface area contributed by atoms with E-state index in [4.69, 9.17) is 44.9 Å². The summed E-state index contributed by atoms with van der Waals surface area (Å²) in [4.78, 5) is 57.5. The Morgan fingerprint density at radius 1 is 0.679 bits per heavy atom. The molecule has 2 aliphatic heterocycles. The first kappa shape index (κ1) is 56.8. The predicted octanol–water partition coefficient (Wildman–Crippen LogP) is 2.52. The number of halogens is 4. The number of benzene rings is 3. The largest absolute Gasteiger partial charge is 1.00 e. The topological polar surface area (TPSA) is 133 Å². The van der Waals surface area contributed by atoms with Crippen LogP contribution in [0.5, 0.6) is 0 Å². The molecule has 15 heteroatoms. The second kappa shape index (κ2) is 28.8. The molecule has 53 heavy (non-hydrogen) atoms. The standard InChI is InChI=1S/C14H14ClNO2.C8H8BrCl.C8H9Cl.C6H7NO2.CH2O3.CH4.2K.H/c1-8-4-5-11(6-12(8)15)7-16-13(17)9(2)10(3)14(16)18;1-6-2-3-7(5-9)4-8(6)10;1-6-3-4-7(2)8(9)5-6;1-3-4(2)6(9)7-5(3)8;2-1-4-3;;;;/h4-6H,7H2,1-3H3;2-4H,5H2,1H3;3-5H,1-2H3;1-2H3,(H,7,8,9);1,3H;1H4;;;/q;;;;;;2*+1;-1/p-1. The van der Waals surface area contributed by atoms with Crippen LogP contribution in [0.4, 0.5) is 0 Å². The van der Waals surface area contributed by atoms with Gasteiger partial charge in [0, 0.05) is 42.7 Å². The summed E-state index contributed by atoms with van der Waals surface area (Å²) in [5, 5.41) is 13.8. The summed E-state index contributed by atoms with van der Waals surface area (Å²) in [5.41, 5.74) is 8.64. The third-order valence-corrected chi connectivity index (χ3v) is 9.37. The molecule has 2 aliphatic rings. The first-order valence-corrected chi connectivity index (χ1v) is 17.2. The van der Waals surface area contributed by atoms with Crippen molar-refractivity contribution in [3.8, 4) is 0 Å². The quantitative estimate of drug-likeness (QED) is 0.106. The maximum absolute atomic E-state index is 11.9. The number of nitrogens with zero attached hydrogens (tertiary/aromatic N) is 1. The monoisotopic (exact) mass is 902 g/mol. The van der Waals surface area contributed by atoms with Crippen molar-refractivity contribution in [1.29, 1.82) is 0 Å². The van der Waals surface area contributed by atoms with Gasteiger partial charge in [-0.3, -0.25) is 34.2 Å². The smallest absolute Gasteiger partial charge is 1.00 e. The third kappa shape index (κ3) is 19.0. The SMILES string of the molecule is C.CC1=C(C)C(=O)N(Cc2ccc(C)c(Cl)c2)C1=O.CC1=C(C)C(=O)NC1=O.Cc1ccc(C)c(Cl)c1.Cc1ccc(CBr)cc1Cl.O=CO[O-].[H-].[K+].[K+]. The van der Waals surface area contributed by atoms with Crippen LogP contribution in [-0.2, 0) is 40.7 Å². The summed E-state index contributed by atoms with van der Waals surface area (Å²) in [5.74, 6) is -0.960. The normalized spacial score (nSPS) is 12.5. The maximum atomic E-state index is 11.9. The van der Waals surface area contributed by atoms with E-state index in [0.29, 0.717) is 27.3 Å². The number of carbonyl (C=O) groups excluding carboxylic acids is 5. The van der Waals surface area contributed by atoms with Gasteiger partial charge in [-0.05, 0) is 107 Å². The summed E-state index contributed by atoms with van der Waals surface area (Å²) in [7, 11) is 0. The Kier molecular flexibility index (Phi) is 30.9. The van der Waals surface area contributed by atoms with Crippen LogP contribution < -0.4 is 113 Å². The number of imide groups is 2. The second-order valence-corrected chi connectivity index (χ2v) is 13.0. The van der Waals surface area contributed by atoms with Gasteiger partial charge in [0.1, 0.15) is 0 Å². The van der Waals surface area contributed by atoms with E-state index in [1.54, 1.807) is 33.8 Å². The zero-order valence-corrected chi connectivity index (χ0v) is 41.1. The molecule has 0 unspecified atom stereocenters. The van der Waals surface area contributed by atoms with Crippen molar-refractivity contribution in [1.82, 2.24) is 10.2 Å². The molecule has 9 nitrogen and oxygen atoms in total. The molecule has 1 N–H and O–H groups in total. The fraction of sp³-hybridized carbons (Fsp3) is 0.289. The minimum Gasteiger partial charge on any atom is -1.00 e. The van der Waals surface area contributed by atoms with E-state index in [0.717, 1.165) is 37.6 Å². The minimum atomic E-state index is -0.266. The van der Waals surface area contributed by atoms with Crippen LogP contribution in [0.2, 0.25) is 15.1 Å². The zero-order chi connectivity index (χ0) is 38.3. The average Bonchev–Trinajstić information content (AvgIpc) is 3.42. The van der Waals surface area contributed by atoms with Crippen LogP contribution in [0.15, 0.2) is 76.9 Å². The van der Waals surface area contributed by atoms with Gasteiger partial charge in [-0.1, -0.05) is 94.6 Å². The van der Waals surface area contributed by atoms with Gasteiger partial charge < -0.3 is 11.6 Å². The van der Waals surface area contributed by atoms with Crippen LogP contribution in [-0.4, -0.2) is 35.0 Å². The van der Waals surface area contributed by atoms with Crippen LogP contribution >= 0.6 is 50.7 Å². The molecule has 5 rings (SSSR count). The van der Waals surface area contributed by atoms with E-state index in [9.17, 15) is 19.2 Å². The number of aryl methyl sites for hydroxylation is 4. The van der Waals surface area contributed by atoms with Crippen molar-refractivity contribution < 1.29 is 138 Å². The Morgan fingerprint density at radius 2 is 1.04 bits per heavy atom. The fourth-order valence-corrected chi connectivity index (χ4v) is 4.92. The third-order valence-electron chi connectivity index (χ3n) is 7.50. The number of amides is 4. The number of nitrogens with one attached hydrogen (secondary N) is 1. The van der Waals surface area contributed by atoms with Gasteiger partial charge in [0.25, 0.3) is 30.1 Å². The number of hydrogen-bond donors (Lipinski definition) is 1. The van der Waals surface area contributed by atoms with Gasteiger partial charge in [-0.15, -0.1) is 0 Å². The summed E-state index contributed by atoms with van der Waals surface area (Å²) >= 11 is 21.1. The van der Waals surface area contributed by atoms with E-state index in [2.05, 4.69) is 38.3 Å². The molecule has 3 aromatic carbocycles. The van der Waals surface area contributed by atoms with Gasteiger partial charge >= 0.3 is 103 Å². The van der Waals surface area contributed by atoms with Crippen LogP contribution in [0, 0.1) is 27.7 Å². The van der Waals surface area contributed by atoms with E-state index in [-0.39, 0.29) is 148 Å². The van der Waals surface area contributed by atoms with E-state index >= 15 is 0 Å². The van der Waals surface area contributed by atoms with Gasteiger partial charge in [0.2, 0.25) is 0 Å². The van der Waals surface area contributed by atoms with E-state index in [1.165, 1.54) is 16.0 Å². The average molecular weight is 905 g/mol.